The Morgan fingerprint density at radius 3 is 0.500 bits per heavy atom. The first-order valence-electron chi connectivity index (χ1n) is 0. The zero-order chi connectivity index (χ0) is 0. The molecular weight excluding hydrogens is 547 g/mol. The van der Waals surface area contributed by atoms with Crippen LogP contribution in [0.15, 0.2) is 0 Å². The normalized spacial score (nSPS) is 0. The third kappa shape index (κ3) is 8.82. The molecule has 0 nitrogen and oxygen atoms in total. The van der Waals surface area contributed by atoms with E-state index < -0.39 is 0 Å². The Morgan fingerprint density at radius 2 is 0.500 bits per heavy atom. The topological polar surface area (TPSA) is 0 Å². The van der Waals surface area contributed by atoms with Crippen molar-refractivity contribution >= 4 is 0 Å². The van der Waals surface area contributed by atoms with E-state index in [1.165, 1.54) is 0 Å². The summed E-state index contributed by atoms with van der Waals surface area (Å²) in [5, 5.41) is 0. The average molecular weight is 552 g/mol. The van der Waals surface area contributed by atoms with Crippen molar-refractivity contribution in [1.82, 2.24) is 0 Å². The van der Waals surface area contributed by atoms with Gasteiger partial charge in [0.1, 0.15) is 0 Å². The van der Waals surface area contributed by atoms with E-state index in [4.69, 9.17) is 0 Å². The maximum absolute atomic E-state index is 0. The first-order valence-corrected chi connectivity index (χ1v) is 0. The van der Waals surface area contributed by atoms with Crippen molar-refractivity contribution in [2.45, 2.75) is 7.43 Å². The van der Waals surface area contributed by atoms with Gasteiger partial charge in [0.2, 0.25) is 0 Å². The SMILES string of the molecule is C.[Hf].[Hf].[Hf]. The first kappa shape index (κ1) is 30.5. The van der Waals surface area contributed by atoms with Gasteiger partial charge in [0.15, 0.2) is 0 Å². The maximum atomic E-state index is 0. The summed E-state index contributed by atoms with van der Waals surface area (Å²) in [6.45, 7) is 0. The van der Waals surface area contributed by atoms with E-state index in [1.54, 1.807) is 0 Å². The Hall–Kier alpha value is 2.61. The number of hydrogen-bond donors (Lipinski definition) is 0. The third-order valence-corrected chi connectivity index (χ3v) is 0. The molecule has 0 aromatic carbocycles. The van der Waals surface area contributed by atoms with Gasteiger partial charge in [-0.15, -0.1) is 0 Å². The molecule has 3 heteroatoms. The molecule has 0 amide bonds. The largest absolute Gasteiger partial charge is 0.0776 e. The summed E-state index contributed by atoms with van der Waals surface area (Å²) in [6.07, 6.45) is 0. The average Bonchev–Trinajstić information content (AvgIpc) is 0. The standard InChI is InChI=1S/CH4.3Hf/h1H4;;;. The van der Waals surface area contributed by atoms with Crippen LogP contribution in [0.3, 0.4) is 0 Å². The maximum Gasteiger partial charge on any atom is 0 e. The van der Waals surface area contributed by atoms with Gasteiger partial charge in [-0.3, -0.25) is 0 Å². The molecule has 0 rings (SSSR count). The molecular formula is CH4Hf3. The number of hydrogen-bond acceptors (Lipinski definition) is 0. The zero-order valence-electron chi connectivity index (χ0n) is 1.50. The molecule has 0 aliphatic heterocycles. The van der Waals surface area contributed by atoms with Gasteiger partial charge in [0.25, 0.3) is 0 Å². The van der Waals surface area contributed by atoms with Crippen LogP contribution in [-0.2, 0) is 77.5 Å². The molecule has 0 aromatic heterocycles. The van der Waals surface area contributed by atoms with E-state index >= 15 is 0 Å². The minimum absolute atomic E-state index is 0. The van der Waals surface area contributed by atoms with E-state index in [-0.39, 0.29) is 85.0 Å². The van der Waals surface area contributed by atoms with Gasteiger partial charge in [-0.25, -0.2) is 0 Å². The Morgan fingerprint density at radius 1 is 0.500 bits per heavy atom. The molecule has 4 heavy (non-hydrogen) atoms. The monoisotopic (exact) mass is 556 g/mol. The summed E-state index contributed by atoms with van der Waals surface area (Å²) >= 11 is 0. The molecule has 0 unspecified atom stereocenters. The van der Waals surface area contributed by atoms with Gasteiger partial charge in [-0.1, -0.05) is 7.43 Å². The summed E-state index contributed by atoms with van der Waals surface area (Å²) < 4.78 is 0. The van der Waals surface area contributed by atoms with Crippen molar-refractivity contribution in [3.63, 3.8) is 0 Å². The van der Waals surface area contributed by atoms with Gasteiger partial charge in [0.05, 0.1) is 0 Å². The second-order valence-electron chi connectivity index (χ2n) is 0. The van der Waals surface area contributed by atoms with Crippen molar-refractivity contribution in [2.24, 2.45) is 0 Å². The smallest absolute Gasteiger partial charge is 0 e. The number of rotatable bonds is 0. The second-order valence-corrected chi connectivity index (χ2v) is 0. The third-order valence-electron chi connectivity index (χ3n) is 0. The molecule has 0 fully saturated rings. The summed E-state index contributed by atoms with van der Waals surface area (Å²) in [7, 11) is 0. The van der Waals surface area contributed by atoms with Crippen LogP contribution < -0.4 is 0 Å². The van der Waals surface area contributed by atoms with Crippen molar-refractivity contribution in [3.05, 3.63) is 0 Å². The first-order chi connectivity index (χ1) is 0. The molecule has 0 N–H and O–H groups in total. The predicted octanol–water partition coefficient (Wildman–Crippen LogP) is 0.629. The molecule has 0 aliphatic rings. The quantitative estimate of drug-likeness (QED) is 0.388. The van der Waals surface area contributed by atoms with Crippen molar-refractivity contribution in [1.29, 1.82) is 0 Å². The Balaban J connectivity index is 0. The van der Waals surface area contributed by atoms with Gasteiger partial charge in [-0.2, -0.15) is 0 Å². The molecule has 0 atom stereocenters. The molecule has 0 aliphatic carbocycles. The summed E-state index contributed by atoms with van der Waals surface area (Å²) in [6, 6.07) is 0. The molecule has 0 radical (unpaired) electrons. The van der Waals surface area contributed by atoms with E-state index in [9.17, 15) is 0 Å². The predicted molar refractivity (Wildman–Crippen MR) is 6.73 cm³/mol. The molecule has 0 saturated heterocycles. The van der Waals surface area contributed by atoms with Crippen molar-refractivity contribution < 1.29 is 77.5 Å². The van der Waals surface area contributed by atoms with Gasteiger partial charge >= 0.3 is 0 Å². The van der Waals surface area contributed by atoms with Crippen molar-refractivity contribution in [2.75, 3.05) is 0 Å². The van der Waals surface area contributed by atoms with Gasteiger partial charge in [0, 0.05) is 77.5 Å². The van der Waals surface area contributed by atoms with Crippen LogP contribution in [0.4, 0.5) is 0 Å². The molecule has 0 spiro atoms. The van der Waals surface area contributed by atoms with Crippen LogP contribution in [0.25, 0.3) is 0 Å². The Labute approximate surface area is 83.5 Å². The van der Waals surface area contributed by atoms with Crippen LogP contribution in [0.2, 0.25) is 0 Å². The van der Waals surface area contributed by atoms with Gasteiger partial charge in [-0.05, 0) is 0 Å². The zero-order valence-corrected chi connectivity index (χ0v) is 12.3. The fourth-order valence-corrected chi connectivity index (χ4v) is 0. The summed E-state index contributed by atoms with van der Waals surface area (Å²) in [4.78, 5) is 0. The van der Waals surface area contributed by atoms with E-state index in [0.717, 1.165) is 0 Å². The molecule has 0 bridgehead atoms. The van der Waals surface area contributed by atoms with Crippen molar-refractivity contribution in [3.8, 4) is 0 Å². The van der Waals surface area contributed by atoms with Crippen LogP contribution >= 0.6 is 0 Å². The molecule has 20 valence electrons. The van der Waals surface area contributed by atoms with Crippen LogP contribution in [0, 0.1) is 0 Å². The van der Waals surface area contributed by atoms with E-state index in [2.05, 4.69) is 0 Å². The van der Waals surface area contributed by atoms with Crippen LogP contribution in [-0.4, -0.2) is 0 Å². The summed E-state index contributed by atoms with van der Waals surface area (Å²) in [5.41, 5.74) is 0. The molecule has 0 saturated carbocycles. The fourth-order valence-electron chi connectivity index (χ4n) is 0. The summed E-state index contributed by atoms with van der Waals surface area (Å²) in [5.74, 6) is 0. The fraction of sp³-hybridized carbons (Fsp3) is 1.00. The van der Waals surface area contributed by atoms with Crippen LogP contribution in [0.5, 0.6) is 0 Å². The van der Waals surface area contributed by atoms with Crippen LogP contribution in [0.1, 0.15) is 7.43 Å². The second kappa shape index (κ2) is 17.5. The Kier molecular flexibility index (Phi) is 134. The molecule has 0 heterocycles. The van der Waals surface area contributed by atoms with Gasteiger partial charge < -0.3 is 0 Å². The van der Waals surface area contributed by atoms with E-state index in [1.807, 2.05) is 0 Å². The molecule has 0 aromatic rings. The van der Waals surface area contributed by atoms with E-state index in [0.29, 0.717) is 0 Å². The Bertz CT molecular complexity index is 3.25. The minimum atomic E-state index is 0. The minimum Gasteiger partial charge on any atom is -0.0776 e.